The van der Waals surface area contributed by atoms with E-state index in [4.69, 9.17) is 0 Å². The summed E-state index contributed by atoms with van der Waals surface area (Å²) < 4.78 is 2.14. The van der Waals surface area contributed by atoms with Crippen LogP contribution in [0.2, 0.25) is 0 Å². The van der Waals surface area contributed by atoms with Crippen molar-refractivity contribution >= 4 is 33.1 Å². The van der Waals surface area contributed by atoms with E-state index in [-0.39, 0.29) is 0 Å². The second kappa shape index (κ2) is 4.62. The van der Waals surface area contributed by atoms with Gasteiger partial charge in [0.1, 0.15) is 0 Å². The Morgan fingerprint density at radius 2 is 2.13 bits per heavy atom. The minimum absolute atomic E-state index is 0.778. The molecule has 0 fully saturated rings. The van der Waals surface area contributed by atoms with Crippen LogP contribution in [0.25, 0.3) is 10.9 Å². The number of aryl methyl sites for hydroxylation is 1. The Morgan fingerprint density at radius 1 is 1.33 bits per heavy atom. The third-order valence-corrected chi connectivity index (χ3v) is 3.04. The molecule has 3 heteroatoms. The Bertz CT molecular complexity index is 475. The Kier molecular flexibility index (Phi) is 3.21. The zero-order chi connectivity index (χ0) is 10.7. The van der Waals surface area contributed by atoms with Gasteiger partial charge in [-0.25, -0.2) is 0 Å². The van der Waals surface area contributed by atoms with E-state index >= 15 is 0 Å². The number of alkyl halides is 1. The Balaban J connectivity index is 2.50. The number of aromatic nitrogens is 1. The highest BCUT2D eigenvalue weighted by atomic mass is 79.9. The fourth-order valence-corrected chi connectivity index (χ4v) is 2.03. The molecule has 2 rings (SSSR count). The molecule has 0 radical (unpaired) electrons. The average Bonchev–Trinajstić information content (AvgIpc) is 2.65. The quantitative estimate of drug-likeness (QED) is 0.615. The van der Waals surface area contributed by atoms with Crippen molar-refractivity contribution in [2.45, 2.75) is 13.0 Å². The Labute approximate surface area is 97.0 Å². The van der Waals surface area contributed by atoms with E-state index in [2.05, 4.69) is 26.6 Å². The van der Waals surface area contributed by atoms with Crippen molar-refractivity contribution < 1.29 is 4.79 Å². The lowest BCUT2D eigenvalue weighted by molar-refractivity contribution is 0.112. The first-order valence-corrected chi connectivity index (χ1v) is 6.08. The molecule has 2 aromatic rings. The molecule has 1 aromatic carbocycles. The zero-order valence-electron chi connectivity index (χ0n) is 8.32. The van der Waals surface area contributed by atoms with E-state index in [0.717, 1.165) is 41.0 Å². The Hall–Kier alpha value is -1.09. The second-order valence-corrected chi connectivity index (χ2v) is 4.25. The first kappa shape index (κ1) is 10.4. The summed E-state index contributed by atoms with van der Waals surface area (Å²) in [6.07, 6.45) is 3.92. The Morgan fingerprint density at radius 3 is 2.87 bits per heavy atom. The third kappa shape index (κ3) is 1.97. The summed E-state index contributed by atoms with van der Waals surface area (Å²) in [4.78, 5) is 10.9. The van der Waals surface area contributed by atoms with Crippen molar-refractivity contribution in [3.63, 3.8) is 0 Å². The van der Waals surface area contributed by atoms with Crippen LogP contribution in [0.5, 0.6) is 0 Å². The maximum atomic E-state index is 10.9. The van der Waals surface area contributed by atoms with Gasteiger partial charge in [-0.05, 0) is 12.5 Å². The van der Waals surface area contributed by atoms with Gasteiger partial charge >= 0.3 is 0 Å². The molecular weight excluding hydrogens is 254 g/mol. The number of halogens is 1. The molecule has 78 valence electrons. The summed E-state index contributed by atoms with van der Waals surface area (Å²) in [5.74, 6) is 0. The van der Waals surface area contributed by atoms with Crippen LogP contribution in [0.15, 0.2) is 30.5 Å². The number of nitrogens with zero attached hydrogens (tertiary/aromatic N) is 1. The average molecular weight is 266 g/mol. The molecule has 0 aliphatic heterocycles. The van der Waals surface area contributed by atoms with Gasteiger partial charge in [0.05, 0.1) is 0 Å². The predicted octanol–water partition coefficient (Wildman–Crippen LogP) is 3.24. The maximum Gasteiger partial charge on any atom is 0.152 e. The number of hydrogen-bond acceptors (Lipinski definition) is 1. The maximum absolute atomic E-state index is 10.9. The van der Waals surface area contributed by atoms with Gasteiger partial charge in [-0.3, -0.25) is 4.79 Å². The number of hydrogen-bond donors (Lipinski definition) is 0. The van der Waals surface area contributed by atoms with Crippen LogP contribution >= 0.6 is 15.9 Å². The van der Waals surface area contributed by atoms with Crippen molar-refractivity contribution in [3.05, 3.63) is 36.0 Å². The van der Waals surface area contributed by atoms with Gasteiger partial charge in [0, 0.05) is 34.5 Å². The molecule has 0 aliphatic carbocycles. The molecule has 0 aliphatic rings. The molecule has 0 amide bonds. The lowest BCUT2D eigenvalue weighted by Crippen LogP contribution is -1.95. The standard InChI is InChI=1S/C12H12BrNO/c13-6-3-7-14-8-10(9-15)11-4-1-2-5-12(11)14/h1-2,4-5,8-9H,3,6-7H2. The molecule has 1 aromatic heterocycles. The number of benzene rings is 1. The molecule has 0 saturated carbocycles. The third-order valence-electron chi connectivity index (χ3n) is 2.48. The van der Waals surface area contributed by atoms with E-state index in [9.17, 15) is 4.79 Å². The van der Waals surface area contributed by atoms with Crippen molar-refractivity contribution in [2.75, 3.05) is 5.33 Å². The normalized spacial score (nSPS) is 10.7. The van der Waals surface area contributed by atoms with Crippen LogP contribution in [0.3, 0.4) is 0 Å². The van der Waals surface area contributed by atoms with Gasteiger partial charge in [0.15, 0.2) is 6.29 Å². The minimum atomic E-state index is 0.778. The van der Waals surface area contributed by atoms with Crippen molar-refractivity contribution in [3.8, 4) is 0 Å². The smallest absolute Gasteiger partial charge is 0.152 e. The highest BCUT2D eigenvalue weighted by Gasteiger charge is 2.05. The van der Waals surface area contributed by atoms with Crippen LogP contribution in [-0.4, -0.2) is 16.2 Å². The summed E-state index contributed by atoms with van der Waals surface area (Å²) in [6, 6.07) is 8.01. The van der Waals surface area contributed by atoms with Gasteiger partial charge in [0.2, 0.25) is 0 Å². The summed E-state index contributed by atoms with van der Waals surface area (Å²) >= 11 is 3.41. The number of rotatable bonds is 4. The van der Waals surface area contributed by atoms with Gasteiger partial charge in [-0.2, -0.15) is 0 Å². The van der Waals surface area contributed by atoms with Crippen LogP contribution < -0.4 is 0 Å². The monoisotopic (exact) mass is 265 g/mol. The number of para-hydroxylation sites is 1. The number of aldehydes is 1. The zero-order valence-corrected chi connectivity index (χ0v) is 9.90. The first-order chi connectivity index (χ1) is 7.36. The van der Waals surface area contributed by atoms with E-state index in [1.54, 1.807) is 0 Å². The fourth-order valence-electron chi connectivity index (χ4n) is 1.78. The number of carbonyl (C=O) groups excluding carboxylic acids is 1. The van der Waals surface area contributed by atoms with Crippen molar-refractivity contribution in [1.29, 1.82) is 0 Å². The topological polar surface area (TPSA) is 22.0 Å². The lowest BCUT2D eigenvalue weighted by Gasteiger charge is -2.02. The molecule has 0 N–H and O–H groups in total. The molecule has 0 saturated heterocycles. The van der Waals surface area contributed by atoms with Gasteiger partial charge < -0.3 is 4.57 Å². The first-order valence-electron chi connectivity index (χ1n) is 4.96. The largest absolute Gasteiger partial charge is 0.347 e. The second-order valence-electron chi connectivity index (χ2n) is 3.46. The highest BCUT2D eigenvalue weighted by Crippen LogP contribution is 2.20. The SMILES string of the molecule is O=Cc1cn(CCCBr)c2ccccc12. The molecule has 15 heavy (non-hydrogen) atoms. The van der Waals surface area contributed by atoms with Crippen LogP contribution in [0.1, 0.15) is 16.8 Å². The van der Waals surface area contributed by atoms with Gasteiger partial charge in [-0.15, -0.1) is 0 Å². The van der Waals surface area contributed by atoms with Crippen molar-refractivity contribution in [1.82, 2.24) is 4.57 Å². The molecule has 0 atom stereocenters. The minimum Gasteiger partial charge on any atom is -0.347 e. The molecule has 0 unspecified atom stereocenters. The molecule has 0 spiro atoms. The van der Waals surface area contributed by atoms with Crippen molar-refractivity contribution in [2.24, 2.45) is 0 Å². The summed E-state index contributed by atoms with van der Waals surface area (Å²) in [6.45, 7) is 0.944. The van der Waals surface area contributed by atoms with E-state index in [1.807, 2.05) is 24.4 Å². The molecule has 1 heterocycles. The van der Waals surface area contributed by atoms with Crippen LogP contribution in [0, 0.1) is 0 Å². The van der Waals surface area contributed by atoms with E-state index in [0.29, 0.717) is 0 Å². The lowest BCUT2D eigenvalue weighted by atomic mass is 10.2. The summed E-state index contributed by atoms with van der Waals surface area (Å²) in [5, 5.41) is 2.03. The van der Waals surface area contributed by atoms with Crippen LogP contribution in [-0.2, 0) is 6.54 Å². The fraction of sp³-hybridized carbons (Fsp3) is 0.250. The molecule has 0 bridgehead atoms. The predicted molar refractivity (Wildman–Crippen MR) is 65.7 cm³/mol. The molecule has 2 nitrogen and oxygen atoms in total. The van der Waals surface area contributed by atoms with E-state index in [1.165, 1.54) is 0 Å². The van der Waals surface area contributed by atoms with E-state index < -0.39 is 0 Å². The summed E-state index contributed by atoms with van der Waals surface area (Å²) in [7, 11) is 0. The van der Waals surface area contributed by atoms with Gasteiger partial charge in [-0.1, -0.05) is 34.1 Å². The number of carbonyl (C=O) groups is 1. The molecular formula is C12H12BrNO. The highest BCUT2D eigenvalue weighted by molar-refractivity contribution is 9.09. The summed E-state index contributed by atoms with van der Waals surface area (Å²) in [5.41, 5.74) is 1.92. The van der Waals surface area contributed by atoms with Gasteiger partial charge in [0.25, 0.3) is 0 Å². The van der Waals surface area contributed by atoms with Crippen LogP contribution in [0.4, 0.5) is 0 Å². The number of fused-ring (bicyclic) bond motifs is 1.